The monoisotopic (exact) mass is 301 g/mol. The molecule has 2 rings (SSSR count). The van der Waals surface area contributed by atoms with Crippen molar-refractivity contribution < 1.29 is 14.4 Å². The first-order valence-corrected chi connectivity index (χ1v) is 7.10. The molecule has 3 amide bonds. The molecule has 22 heavy (non-hydrogen) atoms. The number of hydrogen-bond acceptors (Lipinski definition) is 3. The third-order valence-electron chi connectivity index (χ3n) is 3.53. The molecule has 2 N–H and O–H groups in total. The predicted octanol–water partition coefficient (Wildman–Crippen LogP) is 0.383. The second-order valence-corrected chi connectivity index (χ2v) is 5.02. The molecule has 0 saturated heterocycles. The molecule has 0 bridgehead atoms. The maximum atomic E-state index is 12.3. The number of benzene rings is 1. The van der Waals surface area contributed by atoms with Crippen molar-refractivity contribution in [2.24, 2.45) is 0 Å². The van der Waals surface area contributed by atoms with E-state index in [-0.39, 0.29) is 17.7 Å². The van der Waals surface area contributed by atoms with Crippen LogP contribution >= 0.6 is 0 Å². The second kappa shape index (κ2) is 6.89. The van der Waals surface area contributed by atoms with Crippen molar-refractivity contribution in [3.05, 3.63) is 42.5 Å². The van der Waals surface area contributed by atoms with Crippen molar-refractivity contribution in [2.45, 2.75) is 19.4 Å². The number of carbonyl (C=O) groups excluding carboxylic acids is 3. The zero-order valence-corrected chi connectivity index (χ0v) is 12.5. The van der Waals surface area contributed by atoms with Crippen LogP contribution in [0.2, 0.25) is 0 Å². The van der Waals surface area contributed by atoms with E-state index in [2.05, 4.69) is 17.2 Å². The summed E-state index contributed by atoms with van der Waals surface area (Å²) in [6, 6.07) is 6.96. The quantitative estimate of drug-likeness (QED) is 0.610. The van der Waals surface area contributed by atoms with Gasteiger partial charge in [-0.15, -0.1) is 0 Å². The van der Waals surface area contributed by atoms with Crippen LogP contribution in [-0.2, 0) is 20.8 Å². The largest absolute Gasteiger partial charge is 0.353 e. The molecular weight excluding hydrogens is 282 g/mol. The van der Waals surface area contributed by atoms with Crippen molar-refractivity contribution >= 4 is 23.4 Å². The standard InChI is InChI=1S/C16H19N3O3/c1-3-15(21)17-8-9-18-16(22)14-10-12-6-4-5-7-13(12)19(14)11(2)20/h3-7,14H,1,8-10H2,2H3,(H,17,21)(H,18,22)/t14-/m1/s1. The first kappa shape index (κ1) is 15.8. The van der Waals surface area contributed by atoms with E-state index >= 15 is 0 Å². The van der Waals surface area contributed by atoms with E-state index in [1.807, 2.05) is 24.3 Å². The predicted molar refractivity (Wildman–Crippen MR) is 83.3 cm³/mol. The van der Waals surface area contributed by atoms with Gasteiger partial charge in [0.15, 0.2) is 0 Å². The highest BCUT2D eigenvalue weighted by Gasteiger charge is 2.36. The third-order valence-corrected chi connectivity index (χ3v) is 3.53. The molecule has 1 aliphatic rings. The second-order valence-electron chi connectivity index (χ2n) is 5.02. The molecule has 0 aliphatic carbocycles. The summed E-state index contributed by atoms with van der Waals surface area (Å²) >= 11 is 0. The SMILES string of the molecule is C=CC(=O)NCCNC(=O)[C@H]1Cc2ccccc2N1C(C)=O. The Balaban J connectivity index is 1.97. The van der Waals surface area contributed by atoms with E-state index in [4.69, 9.17) is 0 Å². The number of fused-ring (bicyclic) bond motifs is 1. The number of hydrogen-bond donors (Lipinski definition) is 2. The van der Waals surface area contributed by atoms with Crippen molar-refractivity contribution in [1.29, 1.82) is 0 Å². The van der Waals surface area contributed by atoms with Crippen LogP contribution in [0.25, 0.3) is 0 Å². The summed E-state index contributed by atoms with van der Waals surface area (Å²) in [5.74, 6) is -0.669. The van der Waals surface area contributed by atoms with Crippen molar-refractivity contribution in [2.75, 3.05) is 18.0 Å². The fourth-order valence-electron chi connectivity index (χ4n) is 2.55. The van der Waals surface area contributed by atoms with Crippen LogP contribution in [0.15, 0.2) is 36.9 Å². The van der Waals surface area contributed by atoms with Gasteiger partial charge in [0.2, 0.25) is 17.7 Å². The van der Waals surface area contributed by atoms with Gasteiger partial charge < -0.3 is 10.6 Å². The smallest absolute Gasteiger partial charge is 0.243 e. The summed E-state index contributed by atoms with van der Waals surface area (Å²) in [7, 11) is 0. The molecule has 0 aromatic heterocycles. The summed E-state index contributed by atoms with van der Waals surface area (Å²) < 4.78 is 0. The van der Waals surface area contributed by atoms with Gasteiger partial charge in [-0.25, -0.2) is 0 Å². The van der Waals surface area contributed by atoms with Crippen LogP contribution < -0.4 is 15.5 Å². The Labute approximate surface area is 129 Å². The van der Waals surface area contributed by atoms with Crippen LogP contribution in [0, 0.1) is 0 Å². The number of anilines is 1. The van der Waals surface area contributed by atoms with Crippen LogP contribution in [-0.4, -0.2) is 36.9 Å². The highest BCUT2D eigenvalue weighted by molar-refractivity contribution is 6.02. The molecule has 0 spiro atoms. The van der Waals surface area contributed by atoms with Crippen molar-refractivity contribution in [3.8, 4) is 0 Å². The number of amides is 3. The van der Waals surface area contributed by atoms with Gasteiger partial charge in [0, 0.05) is 32.1 Å². The number of nitrogens with one attached hydrogen (secondary N) is 2. The number of para-hydroxylation sites is 1. The summed E-state index contributed by atoms with van der Waals surface area (Å²) in [5.41, 5.74) is 1.77. The minimum absolute atomic E-state index is 0.162. The zero-order valence-electron chi connectivity index (χ0n) is 12.5. The first-order valence-electron chi connectivity index (χ1n) is 7.10. The number of carbonyl (C=O) groups is 3. The number of rotatable bonds is 5. The van der Waals surface area contributed by atoms with Gasteiger partial charge in [0.25, 0.3) is 0 Å². The molecule has 6 nitrogen and oxygen atoms in total. The Bertz CT molecular complexity index is 612. The molecule has 6 heteroatoms. The van der Waals surface area contributed by atoms with Gasteiger partial charge in [-0.05, 0) is 17.7 Å². The molecule has 1 atom stereocenters. The van der Waals surface area contributed by atoms with E-state index in [9.17, 15) is 14.4 Å². The molecule has 1 aliphatic heterocycles. The highest BCUT2D eigenvalue weighted by atomic mass is 16.2. The van der Waals surface area contributed by atoms with Gasteiger partial charge in [-0.3, -0.25) is 19.3 Å². The molecule has 0 radical (unpaired) electrons. The van der Waals surface area contributed by atoms with E-state index in [0.717, 1.165) is 11.3 Å². The fourth-order valence-corrected chi connectivity index (χ4v) is 2.55. The average Bonchev–Trinajstić information content (AvgIpc) is 2.90. The average molecular weight is 301 g/mol. The third kappa shape index (κ3) is 3.33. The molecule has 0 unspecified atom stereocenters. The highest BCUT2D eigenvalue weighted by Crippen LogP contribution is 2.32. The molecule has 1 aromatic carbocycles. The van der Waals surface area contributed by atoms with E-state index in [0.29, 0.717) is 19.5 Å². The van der Waals surface area contributed by atoms with E-state index < -0.39 is 6.04 Å². The Morgan fingerprint density at radius 2 is 1.95 bits per heavy atom. The maximum Gasteiger partial charge on any atom is 0.243 e. The first-order chi connectivity index (χ1) is 10.5. The van der Waals surface area contributed by atoms with Gasteiger partial charge >= 0.3 is 0 Å². The summed E-state index contributed by atoms with van der Waals surface area (Å²) in [4.78, 5) is 36.7. The van der Waals surface area contributed by atoms with Gasteiger partial charge in [-0.2, -0.15) is 0 Å². The lowest BCUT2D eigenvalue weighted by Gasteiger charge is -2.23. The minimum Gasteiger partial charge on any atom is -0.353 e. The van der Waals surface area contributed by atoms with Crippen molar-refractivity contribution in [3.63, 3.8) is 0 Å². The van der Waals surface area contributed by atoms with E-state index in [1.165, 1.54) is 17.9 Å². The molecule has 0 saturated carbocycles. The van der Waals surface area contributed by atoms with Crippen molar-refractivity contribution in [1.82, 2.24) is 10.6 Å². The molecule has 1 aromatic rings. The normalized spacial score (nSPS) is 15.9. The molecule has 116 valence electrons. The van der Waals surface area contributed by atoms with Crippen LogP contribution in [0.1, 0.15) is 12.5 Å². The number of nitrogens with zero attached hydrogens (tertiary/aromatic N) is 1. The van der Waals surface area contributed by atoms with Crippen LogP contribution in [0.4, 0.5) is 5.69 Å². The Kier molecular flexibility index (Phi) is 4.93. The Morgan fingerprint density at radius 1 is 1.27 bits per heavy atom. The fraction of sp³-hybridized carbons (Fsp3) is 0.312. The van der Waals surface area contributed by atoms with Crippen LogP contribution in [0.3, 0.4) is 0 Å². The lowest BCUT2D eigenvalue weighted by Crippen LogP contribution is -2.48. The summed E-state index contributed by atoms with van der Waals surface area (Å²) in [5, 5.41) is 5.32. The minimum atomic E-state index is -0.537. The maximum absolute atomic E-state index is 12.3. The molecule has 0 fully saturated rings. The Morgan fingerprint density at radius 3 is 2.64 bits per heavy atom. The zero-order chi connectivity index (χ0) is 16.1. The van der Waals surface area contributed by atoms with Crippen LogP contribution in [0.5, 0.6) is 0 Å². The summed E-state index contributed by atoms with van der Waals surface area (Å²) in [6.45, 7) is 5.42. The lowest BCUT2D eigenvalue weighted by atomic mass is 10.1. The van der Waals surface area contributed by atoms with E-state index in [1.54, 1.807) is 0 Å². The Hall–Kier alpha value is -2.63. The topological polar surface area (TPSA) is 78.5 Å². The lowest BCUT2D eigenvalue weighted by molar-refractivity contribution is -0.125. The van der Waals surface area contributed by atoms with Gasteiger partial charge in [0.05, 0.1) is 0 Å². The summed E-state index contributed by atoms with van der Waals surface area (Å²) in [6.07, 6.45) is 1.67. The van der Waals surface area contributed by atoms with Gasteiger partial charge in [0.1, 0.15) is 6.04 Å². The van der Waals surface area contributed by atoms with Gasteiger partial charge in [-0.1, -0.05) is 24.8 Å². The molecule has 1 heterocycles. The molecular formula is C16H19N3O3.